The van der Waals surface area contributed by atoms with Gasteiger partial charge in [-0.1, -0.05) is 26.7 Å². The first-order valence-corrected chi connectivity index (χ1v) is 6.70. The lowest BCUT2D eigenvalue weighted by Gasteiger charge is -2.48. The summed E-state index contributed by atoms with van der Waals surface area (Å²) in [6.07, 6.45) is 10.9. The third kappa shape index (κ3) is 2.39. The summed E-state index contributed by atoms with van der Waals surface area (Å²) < 4.78 is 2.10. The van der Waals surface area contributed by atoms with Gasteiger partial charge in [0.05, 0.1) is 0 Å². The number of rotatable bonds is 3. The van der Waals surface area contributed by atoms with Crippen LogP contribution in [-0.2, 0) is 13.5 Å². The zero-order valence-corrected chi connectivity index (χ0v) is 11.4. The van der Waals surface area contributed by atoms with Crippen molar-refractivity contribution in [1.29, 1.82) is 0 Å². The predicted octanol–water partition coefficient (Wildman–Crippen LogP) is 2.65. The van der Waals surface area contributed by atoms with Gasteiger partial charge in [-0.05, 0) is 24.7 Å². The van der Waals surface area contributed by atoms with E-state index in [1.54, 1.807) is 0 Å². The van der Waals surface area contributed by atoms with E-state index in [1.807, 2.05) is 12.4 Å². The van der Waals surface area contributed by atoms with Gasteiger partial charge in [-0.3, -0.25) is 0 Å². The topological polar surface area (TPSA) is 43.8 Å². The molecule has 1 heterocycles. The maximum atomic E-state index is 6.67. The molecule has 0 radical (unpaired) electrons. The van der Waals surface area contributed by atoms with Crippen LogP contribution in [0.25, 0.3) is 0 Å². The van der Waals surface area contributed by atoms with Gasteiger partial charge in [0.25, 0.3) is 0 Å². The van der Waals surface area contributed by atoms with Gasteiger partial charge in [0, 0.05) is 31.4 Å². The van der Waals surface area contributed by atoms with E-state index in [-0.39, 0.29) is 11.0 Å². The summed E-state index contributed by atoms with van der Waals surface area (Å²) >= 11 is 0. The average Bonchev–Trinajstić information content (AvgIpc) is 2.66. The minimum Gasteiger partial charge on any atom is -0.338 e. The molecule has 0 spiro atoms. The number of hydrogen-bond donors (Lipinski definition) is 1. The summed E-state index contributed by atoms with van der Waals surface area (Å²) in [5.74, 6) is 1.15. The molecule has 0 bridgehead atoms. The zero-order valence-electron chi connectivity index (χ0n) is 11.4. The third-order valence-corrected chi connectivity index (χ3v) is 4.74. The number of nitrogens with zero attached hydrogens (tertiary/aromatic N) is 2. The van der Waals surface area contributed by atoms with Crippen molar-refractivity contribution < 1.29 is 0 Å². The molecule has 1 aliphatic carbocycles. The smallest absolute Gasteiger partial charge is 0.108 e. The number of nitrogens with two attached hydrogens (primary N) is 1. The van der Waals surface area contributed by atoms with Crippen LogP contribution in [-0.4, -0.2) is 15.1 Å². The van der Waals surface area contributed by atoms with Crippen LogP contribution in [0.3, 0.4) is 0 Å². The Labute approximate surface area is 104 Å². The van der Waals surface area contributed by atoms with E-state index >= 15 is 0 Å². The molecule has 0 saturated heterocycles. The van der Waals surface area contributed by atoms with Gasteiger partial charge in [-0.2, -0.15) is 0 Å². The monoisotopic (exact) mass is 235 g/mol. The van der Waals surface area contributed by atoms with Gasteiger partial charge in [0.2, 0.25) is 0 Å². The summed E-state index contributed by atoms with van der Waals surface area (Å²) in [5, 5.41) is 0. The van der Waals surface area contributed by atoms with Crippen molar-refractivity contribution in [1.82, 2.24) is 9.55 Å². The Morgan fingerprint density at radius 1 is 1.35 bits per heavy atom. The highest BCUT2D eigenvalue weighted by molar-refractivity contribution is 5.03. The SMILES string of the molecule is Cn1ccnc1CCC1(N)CCCCC1(C)C. The van der Waals surface area contributed by atoms with E-state index in [1.165, 1.54) is 19.3 Å². The fourth-order valence-electron chi connectivity index (χ4n) is 3.03. The standard InChI is InChI=1S/C14H25N3/c1-13(2)7-4-5-8-14(13,15)9-6-12-16-10-11-17(12)3/h10-11H,4-9,15H2,1-3H3. The summed E-state index contributed by atoms with van der Waals surface area (Å²) in [7, 11) is 2.05. The van der Waals surface area contributed by atoms with Crippen molar-refractivity contribution in [2.24, 2.45) is 18.2 Å². The highest BCUT2D eigenvalue weighted by atomic mass is 15.0. The first-order valence-electron chi connectivity index (χ1n) is 6.70. The number of aromatic nitrogens is 2. The minimum atomic E-state index is -0.0167. The van der Waals surface area contributed by atoms with Crippen molar-refractivity contribution in [3.63, 3.8) is 0 Å². The van der Waals surface area contributed by atoms with E-state index in [0.717, 1.165) is 25.1 Å². The fraction of sp³-hybridized carbons (Fsp3) is 0.786. The van der Waals surface area contributed by atoms with Crippen molar-refractivity contribution in [2.75, 3.05) is 0 Å². The molecule has 3 nitrogen and oxygen atoms in total. The van der Waals surface area contributed by atoms with Gasteiger partial charge < -0.3 is 10.3 Å². The normalized spacial score (nSPS) is 28.2. The van der Waals surface area contributed by atoms with E-state index in [0.29, 0.717) is 0 Å². The highest BCUT2D eigenvalue weighted by Crippen LogP contribution is 2.44. The Morgan fingerprint density at radius 2 is 2.06 bits per heavy atom. The largest absolute Gasteiger partial charge is 0.338 e. The molecule has 3 heteroatoms. The van der Waals surface area contributed by atoms with Crippen LogP contribution in [0.4, 0.5) is 0 Å². The van der Waals surface area contributed by atoms with E-state index < -0.39 is 0 Å². The second-order valence-electron chi connectivity index (χ2n) is 6.20. The molecule has 0 aromatic carbocycles. The maximum absolute atomic E-state index is 6.67. The summed E-state index contributed by atoms with van der Waals surface area (Å²) in [4.78, 5) is 4.39. The van der Waals surface area contributed by atoms with Gasteiger partial charge >= 0.3 is 0 Å². The lowest BCUT2D eigenvalue weighted by atomic mass is 9.62. The van der Waals surface area contributed by atoms with E-state index in [4.69, 9.17) is 5.73 Å². The number of imidazole rings is 1. The molecule has 0 amide bonds. The molecule has 1 unspecified atom stereocenters. The average molecular weight is 235 g/mol. The lowest BCUT2D eigenvalue weighted by molar-refractivity contribution is 0.0903. The number of hydrogen-bond acceptors (Lipinski definition) is 2. The molecule has 96 valence electrons. The molecule has 2 rings (SSSR count). The zero-order chi connectivity index (χ0) is 12.5. The second-order valence-corrected chi connectivity index (χ2v) is 6.20. The Hall–Kier alpha value is -0.830. The van der Waals surface area contributed by atoms with Crippen molar-refractivity contribution in [3.05, 3.63) is 18.2 Å². The van der Waals surface area contributed by atoms with Crippen molar-refractivity contribution in [3.8, 4) is 0 Å². The van der Waals surface area contributed by atoms with Crippen LogP contribution >= 0.6 is 0 Å². The fourth-order valence-corrected chi connectivity index (χ4v) is 3.03. The number of aryl methyl sites for hydroxylation is 2. The quantitative estimate of drug-likeness (QED) is 0.875. The van der Waals surface area contributed by atoms with Gasteiger partial charge in [-0.15, -0.1) is 0 Å². The summed E-state index contributed by atoms with van der Waals surface area (Å²) in [5.41, 5.74) is 6.91. The van der Waals surface area contributed by atoms with Crippen molar-refractivity contribution >= 4 is 0 Å². The Kier molecular flexibility index (Phi) is 3.30. The van der Waals surface area contributed by atoms with Crippen LogP contribution in [0, 0.1) is 5.41 Å². The van der Waals surface area contributed by atoms with Crippen LogP contribution in [0.1, 0.15) is 51.8 Å². The predicted molar refractivity (Wildman–Crippen MR) is 70.7 cm³/mol. The van der Waals surface area contributed by atoms with Crippen LogP contribution in [0.2, 0.25) is 0 Å². The molecule has 1 fully saturated rings. The molecular formula is C14H25N3. The molecule has 2 N–H and O–H groups in total. The molecule has 1 aromatic heterocycles. The van der Waals surface area contributed by atoms with Gasteiger partial charge in [0.1, 0.15) is 5.82 Å². The molecule has 1 aliphatic rings. The Balaban J connectivity index is 2.04. The molecular weight excluding hydrogens is 210 g/mol. The third-order valence-electron chi connectivity index (χ3n) is 4.74. The van der Waals surface area contributed by atoms with Crippen molar-refractivity contribution in [2.45, 2.75) is 57.9 Å². The summed E-state index contributed by atoms with van der Waals surface area (Å²) in [6.45, 7) is 4.65. The highest BCUT2D eigenvalue weighted by Gasteiger charge is 2.42. The minimum absolute atomic E-state index is 0.0167. The molecule has 1 atom stereocenters. The second kappa shape index (κ2) is 4.45. The van der Waals surface area contributed by atoms with E-state index in [2.05, 4.69) is 30.4 Å². The van der Waals surface area contributed by atoms with Gasteiger partial charge in [0.15, 0.2) is 0 Å². The van der Waals surface area contributed by atoms with Crippen LogP contribution < -0.4 is 5.73 Å². The first-order chi connectivity index (χ1) is 7.95. The molecule has 0 aliphatic heterocycles. The van der Waals surface area contributed by atoms with Crippen LogP contribution in [0.15, 0.2) is 12.4 Å². The van der Waals surface area contributed by atoms with Gasteiger partial charge in [-0.25, -0.2) is 4.98 Å². The first kappa shape index (κ1) is 12.6. The molecule has 1 saturated carbocycles. The molecule has 17 heavy (non-hydrogen) atoms. The van der Waals surface area contributed by atoms with Crippen LogP contribution in [0.5, 0.6) is 0 Å². The Morgan fingerprint density at radius 3 is 2.65 bits per heavy atom. The Bertz CT molecular complexity index is 381. The molecule has 1 aromatic rings. The summed E-state index contributed by atoms with van der Waals surface area (Å²) in [6, 6.07) is 0. The van der Waals surface area contributed by atoms with E-state index in [9.17, 15) is 0 Å². The maximum Gasteiger partial charge on any atom is 0.108 e. The lowest BCUT2D eigenvalue weighted by Crippen LogP contribution is -2.54.